The second kappa shape index (κ2) is 8.60. The van der Waals surface area contributed by atoms with Crippen LogP contribution in [0.4, 0.5) is 14.5 Å². The van der Waals surface area contributed by atoms with E-state index < -0.39 is 29.1 Å². The largest absolute Gasteiger partial charge is 0.347 e. The van der Waals surface area contributed by atoms with Gasteiger partial charge in [-0.2, -0.15) is 4.98 Å². The molecule has 0 aliphatic heterocycles. The number of carbonyl (C=O) groups excluding carboxylic acids is 2. The molecule has 0 saturated carbocycles. The van der Waals surface area contributed by atoms with Crippen LogP contribution in [0.15, 0.2) is 47.8 Å². The average molecular weight is 441 g/mol. The number of hydrogen-bond donors (Lipinski definition) is 2. The molecule has 0 aliphatic carbocycles. The van der Waals surface area contributed by atoms with Gasteiger partial charge in [-0.1, -0.05) is 24.3 Å². The molecule has 2 heterocycles. The number of rotatable bonds is 5. The van der Waals surface area contributed by atoms with E-state index in [4.69, 9.17) is 0 Å². The number of nitrogens with one attached hydrogen (secondary N) is 2. The molecule has 2 aromatic heterocycles. The number of anilines is 1. The molecule has 0 atom stereocenters. The summed E-state index contributed by atoms with van der Waals surface area (Å²) in [5, 5.41) is 11.0. The molecule has 4 aromatic rings. The highest BCUT2D eigenvalue weighted by molar-refractivity contribution is 7.15. The molecule has 31 heavy (non-hydrogen) atoms. The van der Waals surface area contributed by atoms with Gasteiger partial charge in [-0.25, -0.2) is 13.3 Å². The van der Waals surface area contributed by atoms with Gasteiger partial charge in [-0.3, -0.25) is 9.59 Å². The third-order valence-corrected chi connectivity index (χ3v) is 5.45. The van der Waals surface area contributed by atoms with E-state index in [-0.39, 0.29) is 6.54 Å². The average Bonchev–Trinajstić information content (AvgIpc) is 3.32. The molecule has 0 bridgehead atoms. The van der Waals surface area contributed by atoms with Crippen molar-refractivity contribution < 1.29 is 18.4 Å². The molecule has 0 unspecified atom stereocenters. The molecule has 158 valence electrons. The Bertz CT molecular complexity index is 1280. The number of aromatic nitrogens is 3. The van der Waals surface area contributed by atoms with Crippen LogP contribution in [0, 0.1) is 18.6 Å². The maximum Gasteiger partial charge on any atom is 0.313 e. The molecular weight excluding hydrogens is 424 g/mol. The number of fused-ring (bicyclic) bond motifs is 1. The predicted octanol–water partition coefficient (Wildman–Crippen LogP) is 3.34. The van der Waals surface area contributed by atoms with Gasteiger partial charge in [0.1, 0.15) is 11.6 Å². The highest BCUT2D eigenvalue weighted by Gasteiger charge is 2.17. The minimum atomic E-state index is -1.08. The number of aryl methyl sites for hydroxylation is 1. The van der Waals surface area contributed by atoms with Crippen LogP contribution in [0.1, 0.15) is 11.3 Å². The van der Waals surface area contributed by atoms with Gasteiger partial charge in [-0.15, -0.1) is 16.4 Å². The molecule has 0 aliphatic rings. The second-order valence-electron chi connectivity index (χ2n) is 6.76. The Morgan fingerprint density at radius 2 is 1.94 bits per heavy atom. The number of benzene rings is 2. The highest BCUT2D eigenvalue weighted by Crippen LogP contribution is 2.23. The van der Waals surface area contributed by atoms with Crippen LogP contribution in [-0.2, 0) is 16.0 Å². The lowest BCUT2D eigenvalue weighted by Gasteiger charge is -2.07. The summed E-state index contributed by atoms with van der Waals surface area (Å²) in [6.07, 6.45) is 0.407. The van der Waals surface area contributed by atoms with Crippen molar-refractivity contribution in [3.63, 3.8) is 0 Å². The first-order chi connectivity index (χ1) is 14.9. The molecule has 0 fully saturated rings. The van der Waals surface area contributed by atoms with Crippen molar-refractivity contribution in [3.8, 4) is 11.4 Å². The first kappa shape index (κ1) is 20.6. The van der Waals surface area contributed by atoms with Crippen LogP contribution in [0.2, 0.25) is 0 Å². The summed E-state index contributed by atoms with van der Waals surface area (Å²) in [5.74, 6) is -2.97. The SMILES string of the molecule is Cc1ccccc1-c1nc2scc(CCNC(=O)C(=O)Nc3cc(F)ccc3F)n2n1. The molecule has 0 spiro atoms. The molecule has 0 saturated heterocycles. The summed E-state index contributed by atoms with van der Waals surface area (Å²) in [4.78, 5) is 29.2. The molecular formula is C21H17F2N5O2S. The first-order valence-electron chi connectivity index (χ1n) is 9.36. The van der Waals surface area contributed by atoms with E-state index in [2.05, 4.69) is 20.7 Å². The van der Waals surface area contributed by atoms with E-state index in [0.717, 1.165) is 40.0 Å². The molecule has 7 nitrogen and oxygen atoms in total. The Morgan fingerprint density at radius 1 is 1.13 bits per heavy atom. The molecule has 2 aromatic carbocycles. The van der Waals surface area contributed by atoms with Crippen LogP contribution >= 0.6 is 11.3 Å². The summed E-state index contributed by atoms with van der Waals surface area (Å²) in [6, 6.07) is 10.4. The molecule has 2 amide bonds. The number of thiazole rings is 1. The monoisotopic (exact) mass is 441 g/mol. The number of hydrogen-bond acceptors (Lipinski definition) is 5. The maximum absolute atomic E-state index is 13.6. The topological polar surface area (TPSA) is 88.4 Å². The summed E-state index contributed by atoms with van der Waals surface area (Å²) in [5.41, 5.74) is 2.43. The van der Waals surface area contributed by atoms with Gasteiger partial charge in [0.2, 0.25) is 4.96 Å². The minimum Gasteiger partial charge on any atom is -0.347 e. The molecule has 0 radical (unpaired) electrons. The number of halogens is 2. The van der Waals surface area contributed by atoms with Gasteiger partial charge in [0.15, 0.2) is 5.82 Å². The molecule has 2 N–H and O–H groups in total. The molecule has 4 rings (SSSR count). The van der Waals surface area contributed by atoms with Gasteiger partial charge in [0.05, 0.1) is 11.4 Å². The van der Waals surface area contributed by atoms with Crippen molar-refractivity contribution in [3.05, 3.63) is 70.7 Å². The van der Waals surface area contributed by atoms with E-state index >= 15 is 0 Å². The Balaban J connectivity index is 1.38. The van der Waals surface area contributed by atoms with Crippen molar-refractivity contribution in [2.45, 2.75) is 13.3 Å². The fourth-order valence-corrected chi connectivity index (χ4v) is 3.85. The third-order valence-electron chi connectivity index (χ3n) is 4.59. The highest BCUT2D eigenvalue weighted by atomic mass is 32.1. The Hall–Kier alpha value is -3.66. The fourth-order valence-electron chi connectivity index (χ4n) is 2.99. The maximum atomic E-state index is 13.6. The van der Waals surface area contributed by atoms with Gasteiger partial charge in [0, 0.05) is 30.0 Å². The summed E-state index contributed by atoms with van der Waals surface area (Å²) < 4.78 is 28.5. The van der Waals surface area contributed by atoms with Crippen LogP contribution < -0.4 is 10.6 Å². The normalized spacial score (nSPS) is 10.9. The second-order valence-corrected chi connectivity index (χ2v) is 7.59. The lowest BCUT2D eigenvalue weighted by atomic mass is 10.1. The van der Waals surface area contributed by atoms with Gasteiger partial charge >= 0.3 is 11.8 Å². The Morgan fingerprint density at radius 3 is 2.74 bits per heavy atom. The zero-order chi connectivity index (χ0) is 22.0. The lowest BCUT2D eigenvalue weighted by Crippen LogP contribution is -2.36. The van der Waals surface area contributed by atoms with Crippen molar-refractivity contribution in [1.29, 1.82) is 0 Å². The van der Waals surface area contributed by atoms with Crippen molar-refractivity contribution in [2.24, 2.45) is 0 Å². The quantitative estimate of drug-likeness (QED) is 0.465. The van der Waals surface area contributed by atoms with E-state index in [1.807, 2.05) is 36.6 Å². The van der Waals surface area contributed by atoms with E-state index in [1.54, 1.807) is 4.52 Å². The lowest BCUT2D eigenvalue weighted by molar-refractivity contribution is -0.136. The Labute approximate surface area is 179 Å². The number of carbonyl (C=O) groups is 2. The summed E-state index contributed by atoms with van der Waals surface area (Å²) in [6.45, 7) is 2.14. The summed E-state index contributed by atoms with van der Waals surface area (Å²) >= 11 is 1.43. The number of nitrogens with zero attached hydrogens (tertiary/aromatic N) is 3. The predicted molar refractivity (Wildman–Crippen MR) is 113 cm³/mol. The van der Waals surface area contributed by atoms with E-state index in [0.29, 0.717) is 12.2 Å². The third kappa shape index (κ3) is 4.43. The van der Waals surface area contributed by atoms with Crippen molar-refractivity contribution in [1.82, 2.24) is 19.9 Å². The zero-order valence-corrected chi connectivity index (χ0v) is 17.2. The van der Waals surface area contributed by atoms with E-state index in [1.165, 1.54) is 11.3 Å². The number of amides is 2. The standard InChI is InChI=1S/C21H17F2N5O2S/c1-12-4-2-3-5-15(12)18-26-21-28(27-18)14(11-31-21)8-9-24-19(29)20(30)25-17-10-13(22)6-7-16(17)23/h2-7,10-11H,8-9H2,1H3,(H,24,29)(H,25,30). The van der Waals surface area contributed by atoms with Gasteiger partial charge in [-0.05, 0) is 24.6 Å². The van der Waals surface area contributed by atoms with Gasteiger partial charge < -0.3 is 10.6 Å². The molecule has 10 heteroatoms. The van der Waals surface area contributed by atoms with Gasteiger partial charge in [0.25, 0.3) is 0 Å². The fraction of sp³-hybridized carbons (Fsp3) is 0.143. The van der Waals surface area contributed by atoms with Crippen LogP contribution in [0.5, 0.6) is 0 Å². The minimum absolute atomic E-state index is 0.156. The van der Waals surface area contributed by atoms with E-state index in [9.17, 15) is 18.4 Å². The van der Waals surface area contributed by atoms with Crippen molar-refractivity contribution >= 4 is 33.8 Å². The van der Waals surface area contributed by atoms with Crippen LogP contribution in [0.25, 0.3) is 16.3 Å². The smallest absolute Gasteiger partial charge is 0.313 e. The van der Waals surface area contributed by atoms with Crippen molar-refractivity contribution in [2.75, 3.05) is 11.9 Å². The van der Waals surface area contributed by atoms with Crippen LogP contribution in [-0.4, -0.2) is 33.0 Å². The Kier molecular flexibility index (Phi) is 5.72. The summed E-state index contributed by atoms with van der Waals surface area (Å²) in [7, 11) is 0. The van der Waals surface area contributed by atoms with Crippen LogP contribution in [0.3, 0.4) is 0 Å². The zero-order valence-electron chi connectivity index (χ0n) is 16.4. The first-order valence-corrected chi connectivity index (χ1v) is 10.2.